The fourth-order valence-corrected chi connectivity index (χ4v) is 1.91. The number of aryl methyl sites for hydroxylation is 2. The van der Waals surface area contributed by atoms with Gasteiger partial charge in [0.05, 0.1) is 11.6 Å². The van der Waals surface area contributed by atoms with Crippen LogP contribution in [0, 0.1) is 25.2 Å². The monoisotopic (exact) mass is 265 g/mol. The molecule has 100 valence electrons. The Morgan fingerprint density at radius 3 is 2.60 bits per heavy atom. The Balaban J connectivity index is 2.07. The maximum Gasteiger partial charge on any atom is 0.323 e. The first-order valence-electron chi connectivity index (χ1n) is 6.24. The van der Waals surface area contributed by atoms with Crippen molar-refractivity contribution >= 4 is 17.4 Å². The second kappa shape index (κ2) is 5.89. The van der Waals surface area contributed by atoms with Gasteiger partial charge in [0.1, 0.15) is 0 Å². The minimum Gasteiger partial charge on any atom is -0.308 e. The first kappa shape index (κ1) is 13.6. The van der Waals surface area contributed by atoms with E-state index in [4.69, 9.17) is 5.26 Å². The Labute approximate surface area is 118 Å². The maximum atomic E-state index is 11.9. The standard InChI is InChI=1S/C16H15N3O/c1-11-6-7-15(12(2)8-11)19-16(20)18-14-5-3-4-13(9-14)10-17/h3-9H,1-2H3,(H2,18,19,20). The number of nitriles is 1. The Hall–Kier alpha value is -2.80. The number of hydrogen-bond acceptors (Lipinski definition) is 2. The van der Waals surface area contributed by atoms with Crippen LogP contribution in [-0.2, 0) is 0 Å². The van der Waals surface area contributed by atoms with Crippen LogP contribution in [-0.4, -0.2) is 6.03 Å². The van der Waals surface area contributed by atoms with E-state index < -0.39 is 0 Å². The van der Waals surface area contributed by atoms with Crippen molar-refractivity contribution in [1.29, 1.82) is 5.26 Å². The van der Waals surface area contributed by atoms with Crippen LogP contribution in [0.25, 0.3) is 0 Å². The zero-order valence-corrected chi connectivity index (χ0v) is 11.4. The number of urea groups is 1. The van der Waals surface area contributed by atoms with Gasteiger partial charge in [-0.1, -0.05) is 23.8 Å². The van der Waals surface area contributed by atoms with E-state index in [1.807, 2.05) is 38.1 Å². The summed E-state index contributed by atoms with van der Waals surface area (Å²) >= 11 is 0. The molecule has 0 spiro atoms. The Morgan fingerprint density at radius 2 is 1.90 bits per heavy atom. The highest BCUT2D eigenvalue weighted by atomic mass is 16.2. The molecule has 0 radical (unpaired) electrons. The number of anilines is 2. The molecule has 4 heteroatoms. The van der Waals surface area contributed by atoms with Crippen LogP contribution in [0.15, 0.2) is 42.5 Å². The third kappa shape index (κ3) is 3.36. The van der Waals surface area contributed by atoms with Gasteiger partial charge in [-0.05, 0) is 43.7 Å². The molecule has 0 aromatic heterocycles. The molecule has 0 heterocycles. The number of carbonyl (C=O) groups excluding carboxylic acids is 1. The van der Waals surface area contributed by atoms with Crippen LogP contribution in [0.5, 0.6) is 0 Å². The number of benzene rings is 2. The van der Waals surface area contributed by atoms with E-state index >= 15 is 0 Å². The van der Waals surface area contributed by atoms with Gasteiger partial charge in [0.15, 0.2) is 0 Å². The fraction of sp³-hybridized carbons (Fsp3) is 0.125. The highest BCUT2D eigenvalue weighted by Crippen LogP contribution is 2.17. The predicted molar refractivity (Wildman–Crippen MR) is 79.7 cm³/mol. The minimum absolute atomic E-state index is 0.327. The summed E-state index contributed by atoms with van der Waals surface area (Å²) in [5.41, 5.74) is 4.02. The van der Waals surface area contributed by atoms with Crippen LogP contribution in [0.4, 0.5) is 16.2 Å². The summed E-state index contributed by atoms with van der Waals surface area (Å²) in [5.74, 6) is 0. The molecule has 0 aliphatic rings. The maximum absolute atomic E-state index is 11.9. The first-order valence-corrected chi connectivity index (χ1v) is 6.24. The fourth-order valence-electron chi connectivity index (χ4n) is 1.91. The summed E-state index contributed by atoms with van der Waals surface area (Å²) < 4.78 is 0. The second-order valence-corrected chi connectivity index (χ2v) is 4.59. The molecule has 2 N–H and O–H groups in total. The van der Waals surface area contributed by atoms with Crippen molar-refractivity contribution in [2.75, 3.05) is 10.6 Å². The van der Waals surface area contributed by atoms with Crippen molar-refractivity contribution in [3.63, 3.8) is 0 Å². The number of nitrogens with zero attached hydrogens (tertiary/aromatic N) is 1. The van der Waals surface area contributed by atoms with Crippen LogP contribution >= 0.6 is 0 Å². The summed E-state index contributed by atoms with van der Waals surface area (Å²) in [5, 5.41) is 14.3. The Kier molecular flexibility index (Phi) is 4.02. The molecule has 0 saturated carbocycles. The number of nitrogens with one attached hydrogen (secondary N) is 2. The molecule has 0 saturated heterocycles. The molecule has 4 nitrogen and oxygen atoms in total. The molecular weight excluding hydrogens is 250 g/mol. The van der Waals surface area contributed by atoms with Gasteiger partial charge in [-0.2, -0.15) is 5.26 Å². The molecule has 2 aromatic carbocycles. The minimum atomic E-state index is -0.327. The summed E-state index contributed by atoms with van der Waals surface area (Å²) in [6, 6.07) is 14.3. The van der Waals surface area contributed by atoms with Crippen molar-refractivity contribution < 1.29 is 4.79 Å². The lowest BCUT2D eigenvalue weighted by atomic mass is 10.1. The topological polar surface area (TPSA) is 64.9 Å². The number of rotatable bonds is 2. The van der Waals surface area contributed by atoms with E-state index in [1.165, 1.54) is 0 Å². The summed E-state index contributed by atoms with van der Waals surface area (Å²) in [7, 11) is 0. The number of carbonyl (C=O) groups is 1. The van der Waals surface area contributed by atoms with Crippen LogP contribution in [0.3, 0.4) is 0 Å². The molecule has 0 atom stereocenters. The normalized spacial score (nSPS) is 9.65. The van der Waals surface area contributed by atoms with E-state index in [-0.39, 0.29) is 6.03 Å². The quantitative estimate of drug-likeness (QED) is 0.866. The first-order chi connectivity index (χ1) is 9.58. The molecule has 0 fully saturated rings. The van der Waals surface area contributed by atoms with Crippen molar-refractivity contribution in [1.82, 2.24) is 0 Å². The Bertz CT molecular complexity index is 686. The summed E-state index contributed by atoms with van der Waals surface area (Å²) in [6.07, 6.45) is 0. The van der Waals surface area contributed by atoms with E-state index in [9.17, 15) is 4.79 Å². The number of hydrogen-bond donors (Lipinski definition) is 2. The molecule has 2 aromatic rings. The van der Waals surface area contributed by atoms with Gasteiger partial charge >= 0.3 is 6.03 Å². The predicted octanol–water partition coefficient (Wildman–Crippen LogP) is 3.82. The lowest BCUT2D eigenvalue weighted by Crippen LogP contribution is -2.20. The van der Waals surface area contributed by atoms with Crippen molar-refractivity contribution in [2.45, 2.75) is 13.8 Å². The summed E-state index contributed by atoms with van der Waals surface area (Å²) in [6.45, 7) is 3.95. The van der Waals surface area contributed by atoms with Gasteiger partial charge in [0, 0.05) is 11.4 Å². The smallest absolute Gasteiger partial charge is 0.308 e. The van der Waals surface area contributed by atoms with Crippen LogP contribution < -0.4 is 10.6 Å². The lowest BCUT2D eigenvalue weighted by molar-refractivity contribution is 0.262. The largest absolute Gasteiger partial charge is 0.323 e. The molecule has 2 amide bonds. The van der Waals surface area contributed by atoms with E-state index in [1.54, 1.807) is 24.3 Å². The van der Waals surface area contributed by atoms with Gasteiger partial charge in [0.25, 0.3) is 0 Å². The van der Waals surface area contributed by atoms with E-state index in [0.29, 0.717) is 11.3 Å². The van der Waals surface area contributed by atoms with Gasteiger partial charge in [-0.15, -0.1) is 0 Å². The van der Waals surface area contributed by atoms with E-state index in [0.717, 1.165) is 16.8 Å². The van der Waals surface area contributed by atoms with Crippen molar-refractivity contribution in [3.05, 3.63) is 59.2 Å². The average molecular weight is 265 g/mol. The highest BCUT2D eigenvalue weighted by Gasteiger charge is 2.05. The van der Waals surface area contributed by atoms with E-state index in [2.05, 4.69) is 10.6 Å². The third-order valence-electron chi connectivity index (χ3n) is 2.88. The van der Waals surface area contributed by atoms with Gasteiger partial charge in [-0.25, -0.2) is 4.79 Å². The van der Waals surface area contributed by atoms with Gasteiger partial charge in [0.2, 0.25) is 0 Å². The number of amides is 2. The molecule has 0 unspecified atom stereocenters. The highest BCUT2D eigenvalue weighted by molar-refractivity contribution is 6.00. The van der Waals surface area contributed by atoms with Crippen LogP contribution in [0.2, 0.25) is 0 Å². The van der Waals surface area contributed by atoms with Crippen molar-refractivity contribution in [3.8, 4) is 6.07 Å². The zero-order chi connectivity index (χ0) is 14.5. The third-order valence-corrected chi connectivity index (χ3v) is 2.88. The molecule has 0 aliphatic heterocycles. The van der Waals surface area contributed by atoms with Gasteiger partial charge < -0.3 is 10.6 Å². The SMILES string of the molecule is Cc1ccc(NC(=O)Nc2cccc(C#N)c2)c(C)c1. The molecule has 0 aliphatic carbocycles. The lowest BCUT2D eigenvalue weighted by Gasteiger charge is -2.10. The van der Waals surface area contributed by atoms with Crippen molar-refractivity contribution in [2.24, 2.45) is 0 Å². The van der Waals surface area contributed by atoms with Gasteiger partial charge in [-0.3, -0.25) is 0 Å². The molecule has 20 heavy (non-hydrogen) atoms. The summed E-state index contributed by atoms with van der Waals surface area (Å²) in [4.78, 5) is 11.9. The molecular formula is C16H15N3O. The molecule has 2 rings (SSSR count). The molecule has 0 bridgehead atoms. The second-order valence-electron chi connectivity index (χ2n) is 4.59. The average Bonchev–Trinajstić information content (AvgIpc) is 2.42. The van der Waals surface area contributed by atoms with Crippen LogP contribution in [0.1, 0.15) is 16.7 Å². The zero-order valence-electron chi connectivity index (χ0n) is 11.4. The Morgan fingerprint density at radius 1 is 1.10 bits per heavy atom.